The van der Waals surface area contributed by atoms with Gasteiger partial charge in [-0.15, -0.1) is 0 Å². The molecule has 0 bridgehead atoms. The lowest BCUT2D eigenvalue weighted by molar-refractivity contribution is 0.177. The Morgan fingerprint density at radius 2 is 1.65 bits per heavy atom. The van der Waals surface area contributed by atoms with E-state index in [2.05, 4.69) is 51.8 Å². The summed E-state index contributed by atoms with van der Waals surface area (Å²) in [5.41, 5.74) is 0. The van der Waals surface area contributed by atoms with Crippen LogP contribution in [0.2, 0.25) is 0 Å². The minimum Gasteiger partial charge on any atom is -0.313 e. The smallest absolute Gasteiger partial charge is 0.0217 e. The summed E-state index contributed by atoms with van der Waals surface area (Å²) in [5.74, 6) is 0.711. The molecule has 1 N–H and O–H groups in total. The second-order valence-corrected chi connectivity index (χ2v) is 5.70. The van der Waals surface area contributed by atoms with Gasteiger partial charge in [-0.3, -0.25) is 4.90 Å². The predicted molar refractivity (Wildman–Crippen MR) is 78.5 cm³/mol. The summed E-state index contributed by atoms with van der Waals surface area (Å²) in [6, 6.07) is 1.29. The van der Waals surface area contributed by atoms with Gasteiger partial charge in [-0.05, 0) is 39.3 Å². The highest BCUT2D eigenvalue weighted by Crippen LogP contribution is 2.09. The molecule has 0 aromatic rings. The van der Waals surface area contributed by atoms with Gasteiger partial charge in [0.2, 0.25) is 0 Å². The van der Waals surface area contributed by atoms with Crippen LogP contribution >= 0.6 is 0 Å². The molecule has 0 aliphatic carbocycles. The number of unbranched alkanes of at least 4 members (excludes halogenated alkanes) is 2. The third kappa shape index (κ3) is 7.77. The minimum atomic E-state index is 0.629. The molecule has 0 spiro atoms. The molecule has 0 amide bonds. The molecule has 104 valence electrons. The number of likely N-dealkylation sites (N-methyl/N-ethyl adjacent to an activating group) is 1. The van der Waals surface area contributed by atoms with Crippen molar-refractivity contribution in [1.82, 2.24) is 10.2 Å². The van der Waals surface area contributed by atoms with Gasteiger partial charge in [0, 0.05) is 18.6 Å². The number of hydrogen-bond acceptors (Lipinski definition) is 2. The van der Waals surface area contributed by atoms with Gasteiger partial charge in [-0.1, -0.05) is 40.5 Å². The zero-order valence-electron chi connectivity index (χ0n) is 12.9. The first-order chi connectivity index (χ1) is 8.02. The monoisotopic (exact) mass is 242 g/mol. The number of rotatable bonds is 10. The van der Waals surface area contributed by atoms with Crippen molar-refractivity contribution in [3.63, 3.8) is 0 Å². The number of nitrogens with one attached hydrogen (secondary N) is 1. The van der Waals surface area contributed by atoms with E-state index >= 15 is 0 Å². The highest BCUT2D eigenvalue weighted by atomic mass is 15.2. The predicted octanol–water partition coefficient (Wildman–Crippen LogP) is 3.52. The van der Waals surface area contributed by atoms with Gasteiger partial charge in [-0.25, -0.2) is 0 Å². The maximum absolute atomic E-state index is 3.62. The fourth-order valence-corrected chi connectivity index (χ4v) is 2.15. The van der Waals surface area contributed by atoms with Crippen LogP contribution in [0, 0.1) is 5.92 Å². The molecule has 0 aliphatic heterocycles. The maximum Gasteiger partial charge on any atom is 0.0217 e. The second-order valence-electron chi connectivity index (χ2n) is 5.70. The Morgan fingerprint density at radius 1 is 1.00 bits per heavy atom. The molecule has 17 heavy (non-hydrogen) atoms. The Hall–Kier alpha value is -0.0800. The van der Waals surface area contributed by atoms with E-state index in [1.807, 2.05) is 0 Å². The average molecular weight is 242 g/mol. The van der Waals surface area contributed by atoms with Gasteiger partial charge in [0.05, 0.1) is 0 Å². The summed E-state index contributed by atoms with van der Waals surface area (Å²) >= 11 is 0. The topological polar surface area (TPSA) is 15.3 Å². The van der Waals surface area contributed by atoms with Crippen molar-refractivity contribution < 1.29 is 0 Å². The Balaban J connectivity index is 4.19. The normalized spacial score (nSPS) is 13.9. The fraction of sp³-hybridized carbons (Fsp3) is 1.00. The first-order valence-corrected chi connectivity index (χ1v) is 7.50. The minimum absolute atomic E-state index is 0.629. The van der Waals surface area contributed by atoms with Crippen molar-refractivity contribution in [3.8, 4) is 0 Å². The third-order valence-corrected chi connectivity index (χ3v) is 3.48. The van der Waals surface area contributed by atoms with E-state index in [4.69, 9.17) is 0 Å². The Kier molecular flexibility index (Phi) is 9.85. The van der Waals surface area contributed by atoms with Crippen molar-refractivity contribution in [2.45, 2.75) is 72.9 Å². The summed E-state index contributed by atoms with van der Waals surface area (Å²) in [6.07, 6.45) is 4.01. The van der Waals surface area contributed by atoms with Crippen LogP contribution in [-0.2, 0) is 0 Å². The van der Waals surface area contributed by atoms with Crippen molar-refractivity contribution >= 4 is 0 Å². The van der Waals surface area contributed by atoms with Crippen LogP contribution in [0.4, 0.5) is 0 Å². The van der Waals surface area contributed by atoms with Crippen LogP contribution in [0.1, 0.15) is 60.8 Å². The van der Waals surface area contributed by atoms with E-state index < -0.39 is 0 Å². The van der Waals surface area contributed by atoms with Crippen LogP contribution < -0.4 is 5.32 Å². The van der Waals surface area contributed by atoms with E-state index in [1.165, 1.54) is 32.4 Å². The Morgan fingerprint density at radius 3 is 2.06 bits per heavy atom. The molecule has 0 aliphatic rings. The van der Waals surface area contributed by atoms with Gasteiger partial charge in [0.25, 0.3) is 0 Å². The summed E-state index contributed by atoms with van der Waals surface area (Å²) in [7, 11) is 0. The van der Waals surface area contributed by atoms with E-state index in [9.17, 15) is 0 Å². The lowest BCUT2D eigenvalue weighted by Crippen LogP contribution is -2.46. The standard InChI is InChI=1S/C15H34N2/c1-7-9-10-11-17(14(5)6)12-15(13(3)4)16-8-2/h13-16H,7-12H2,1-6H3. The van der Waals surface area contributed by atoms with Crippen molar-refractivity contribution in [2.75, 3.05) is 19.6 Å². The van der Waals surface area contributed by atoms with Crippen molar-refractivity contribution in [2.24, 2.45) is 5.92 Å². The lowest BCUT2D eigenvalue weighted by Gasteiger charge is -2.33. The highest BCUT2D eigenvalue weighted by Gasteiger charge is 2.18. The molecule has 2 heteroatoms. The molecule has 0 rings (SSSR count). The molecule has 0 saturated carbocycles. The Labute approximate surface area is 109 Å². The van der Waals surface area contributed by atoms with E-state index in [0.29, 0.717) is 18.0 Å². The average Bonchev–Trinajstić information content (AvgIpc) is 2.26. The van der Waals surface area contributed by atoms with E-state index in [-0.39, 0.29) is 0 Å². The van der Waals surface area contributed by atoms with Crippen LogP contribution in [0.5, 0.6) is 0 Å². The quantitative estimate of drug-likeness (QED) is 0.590. The third-order valence-electron chi connectivity index (χ3n) is 3.48. The van der Waals surface area contributed by atoms with Gasteiger partial charge in [-0.2, -0.15) is 0 Å². The molecule has 0 aromatic heterocycles. The molecule has 2 nitrogen and oxygen atoms in total. The number of nitrogens with zero attached hydrogens (tertiary/aromatic N) is 1. The molecule has 1 unspecified atom stereocenters. The zero-order chi connectivity index (χ0) is 13.3. The maximum atomic E-state index is 3.62. The molecule has 0 heterocycles. The number of hydrogen-bond donors (Lipinski definition) is 1. The molecular formula is C15H34N2. The summed E-state index contributed by atoms with van der Waals surface area (Å²) < 4.78 is 0. The van der Waals surface area contributed by atoms with Crippen LogP contribution in [0.25, 0.3) is 0 Å². The van der Waals surface area contributed by atoms with Crippen LogP contribution in [0.3, 0.4) is 0 Å². The van der Waals surface area contributed by atoms with Crippen molar-refractivity contribution in [3.05, 3.63) is 0 Å². The van der Waals surface area contributed by atoms with E-state index in [0.717, 1.165) is 6.54 Å². The largest absolute Gasteiger partial charge is 0.313 e. The Bertz CT molecular complexity index is 166. The first-order valence-electron chi connectivity index (χ1n) is 7.50. The zero-order valence-corrected chi connectivity index (χ0v) is 12.9. The molecule has 0 radical (unpaired) electrons. The van der Waals surface area contributed by atoms with Gasteiger partial charge in [0.1, 0.15) is 0 Å². The van der Waals surface area contributed by atoms with Gasteiger partial charge in [0.15, 0.2) is 0 Å². The van der Waals surface area contributed by atoms with Gasteiger partial charge >= 0.3 is 0 Å². The summed E-state index contributed by atoms with van der Waals surface area (Å²) in [5, 5.41) is 3.62. The van der Waals surface area contributed by atoms with Crippen molar-refractivity contribution in [1.29, 1.82) is 0 Å². The van der Waals surface area contributed by atoms with Crippen LogP contribution in [0.15, 0.2) is 0 Å². The highest BCUT2D eigenvalue weighted by molar-refractivity contribution is 4.76. The molecule has 0 aromatic carbocycles. The molecule has 1 atom stereocenters. The van der Waals surface area contributed by atoms with E-state index in [1.54, 1.807) is 0 Å². The summed E-state index contributed by atoms with van der Waals surface area (Å²) in [4.78, 5) is 2.63. The first kappa shape index (κ1) is 16.9. The molecule has 0 fully saturated rings. The lowest BCUT2D eigenvalue weighted by atomic mass is 10.0. The SMILES string of the molecule is CCCCCN(CC(NCC)C(C)C)C(C)C. The summed E-state index contributed by atoms with van der Waals surface area (Å²) in [6.45, 7) is 17.2. The molecule has 0 saturated heterocycles. The van der Waals surface area contributed by atoms with Crippen LogP contribution in [-0.4, -0.2) is 36.6 Å². The second kappa shape index (κ2) is 9.90. The fourth-order valence-electron chi connectivity index (χ4n) is 2.15. The molecular weight excluding hydrogens is 208 g/mol. The van der Waals surface area contributed by atoms with Gasteiger partial charge < -0.3 is 5.32 Å².